The van der Waals surface area contributed by atoms with Crippen molar-refractivity contribution < 1.29 is 17.6 Å². The summed E-state index contributed by atoms with van der Waals surface area (Å²) < 4.78 is 53.6. The summed E-state index contributed by atoms with van der Waals surface area (Å²) in [6.45, 7) is 0.0286. The number of nitrogens with zero attached hydrogens (tertiary/aromatic N) is 2. The van der Waals surface area contributed by atoms with Crippen LogP contribution in [0.1, 0.15) is 16.7 Å². The topological polar surface area (TPSA) is 48.7 Å². The number of nitrogens with one attached hydrogen (secondary N) is 1. The number of fused-ring (bicyclic) bond motifs is 1. The quantitative estimate of drug-likeness (QED) is 0.689. The minimum absolute atomic E-state index is 0.0286. The van der Waals surface area contributed by atoms with Crippen molar-refractivity contribution in [1.29, 1.82) is 5.26 Å². The van der Waals surface area contributed by atoms with Gasteiger partial charge < -0.3 is 5.32 Å². The fraction of sp³-hybridized carbons (Fsp3) is 0.111. The second kappa shape index (κ2) is 6.40. The van der Waals surface area contributed by atoms with Crippen molar-refractivity contribution in [1.82, 2.24) is 4.98 Å². The smallest absolute Gasteiger partial charge is 0.381 e. The van der Waals surface area contributed by atoms with E-state index in [0.717, 1.165) is 12.3 Å². The number of nitriles is 1. The molecule has 0 saturated carbocycles. The van der Waals surface area contributed by atoms with Crippen LogP contribution in [0.4, 0.5) is 23.2 Å². The molecule has 0 unspecified atom stereocenters. The van der Waals surface area contributed by atoms with Crippen LogP contribution in [0.25, 0.3) is 10.9 Å². The number of halogens is 4. The number of aromatic nitrogens is 1. The maximum atomic E-state index is 13.6. The lowest BCUT2D eigenvalue weighted by Gasteiger charge is -2.14. The van der Waals surface area contributed by atoms with Gasteiger partial charge in [0.2, 0.25) is 0 Å². The molecule has 0 spiro atoms. The molecule has 0 aliphatic heterocycles. The van der Waals surface area contributed by atoms with Crippen LogP contribution in [0.15, 0.2) is 48.7 Å². The van der Waals surface area contributed by atoms with Crippen molar-refractivity contribution in [2.75, 3.05) is 5.32 Å². The lowest BCUT2D eigenvalue weighted by molar-refractivity contribution is -0.136. The highest BCUT2D eigenvalue weighted by atomic mass is 19.4. The molecule has 3 aromatic rings. The second-order valence-electron chi connectivity index (χ2n) is 5.37. The van der Waals surface area contributed by atoms with E-state index in [2.05, 4.69) is 10.3 Å². The van der Waals surface area contributed by atoms with Gasteiger partial charge in [-0.25, -0.2) is 4.39 Å². The summed E-state index contributed by atoms with van der Waals surface area (Å²) in [6.07, 6.45) is -3.50. The molecule has 0 radical (unpaired) electrons. The molecule has 1 N–H and O–H groups in total. The Bertz CT molecular complexity index is 974. The zero-order valence-corrected chi connectivity index (χ0v) is 12.7. The van der Waals surface area contributed by atoms with Crippen LogP contribution in [-0.2, 0) is 12.7 Å². The molecule has 3 nitrogen and oxygen atoms in total. The predicted octanol–water partition coefficient (Wildman–Crippen LogP) is 4.88. The maximum absolute atomic E-state index is 13.6. The summed E-state index contributed by atoms with van der Waals surface area (Å²) in [4.78, 5) is 3.76. The van der Waals surface area contributed by atoms with Crippen LogP contribution in [-0.4, -0.2) is 4.98 Å². The molecular weight excluding hydrogens is 334 g/mol. The van der Waals surface area contributed by atoms with Crippen molar-refractivity contribution >= 4 is 16.6 Å². The van der Waals surface area contributed by atoms with E-state index in [-0.39, 0.29) is 28.7 Å². The molecule has 3 rings (SSSR count). The molecule has 0 aliphatic carbocycles. The number of hydrogen-bond acceptors (Lipinski definition) is 3. The number of rotatable bonds is 3. The molecule has 0 bridgehead atoms. The standard InChI is InChI=1S/C18H11F4N3/c19-16-4-2-1-3-12(16)10-24-14-6-13-5-11(8-23)9-25-17(13)15(7-14)18(20,21)22/h1-7,9,24H,10H2. The molecule has 0 saturated heterocycles. The average Bonchev–Trinajstić information content (AvgIpc) is 2.59. The van der Waals surface area contributed by atoms with Crippen LogP contribution < -0.4 is 5.32 Å². The van der Waals surface area contributed by atoms with Crippen molar-refractivity contribution in [2.45, 2.75) is 12.7 Å². The summed E-state index contributed by atoms with van der Waals surface area (Å²) in [6, 6.07) is 11.6. The Morgan fingerprint density at radius 1 is 1.12 bits per heavy atom. The lowest BCUT2D eigenvalue weighted by Crippen LogP contribution is -2.09. The number of pyridine rings is 1. The minimum Gasteiger partial charge on any atom is -0.381 e. The Morgan fingerprint density at radius 3 is 2.56 bits per heavy atom. The van der Waals surface area contributed by atoms with Gasteiger partial charge in [-0.05, 0) is 24.3 Å². The molecule has 0 aliphatic rings. The first-order valence-corrected chi connectivity index (χ1v) is 7.27. The summed E-state index contributed by atoms with van der Waals surface area (Å²) in [5, 5.41) is 11.9. The van der Waals surface area contributed by atoms with E-state index < -0.39 is 17.6 Å². The second-order valence-corrected chi connectivity index (χ2v) is 5.37. The van der Waals surface area contributed by atoms with E-state index in [1.165, 1.54) is 24.3 Å². The molecule has 0 amide bonds. The normalized spacial score (nSPS) is 11.3. The minimum atomic E-state index is -4.60. The third-order valence-corrected chi connectivity index (χ3v) is 3.66. The molecule has 1 heterocycles. The third-order valence-electron chi connectivity index (χ3n) is 3.66. The highest BCUT2D eigenvalue weighted by Gasteiger charge is 2.34. The Kier molecular flexibility index (Phi) is 4.28. The average molecular weight is 345 g/mol. The molecule has 7 heteroatoms. The van der Waals surface area contributed by atoms with Gasteiger partial charge in [-0.3, -0.25) is 4.98 Å². The van der Waals surface area contributed by atoms with Gasteiger partial charge in [0.05, 0.1) is 16.6 Å². The molecule has 1 aromatic heterocycles. The molecule has 0 atom stereocenters. The molecule has 25 heavy (non-hydrogen) atoms. The molecule has 126 valence electrons. The fourth-order valence-corrected chi connectivity index (χ4v) is 2.47. The van der Waals surface area contributed by atoms with Gasteiger partial charge in [0, 0.05) is 29.4 Å². The van der Waals surface area contributed by atoms with Gasteiger partial charge in [0.15, 0.2) is 0 Å². The zero-order valence-electron chi connectivity index (χ0n) is 12.7. The van der Waals surface area contributed by atoms with Gasteiger partial charge >= 0.3 is 6.18 Å². The Balaban J connectivity index is 2.03. The fourth-order valence-electron chi connectivity index (χ4n) is 2.47. The Labute approximate surface area is 140 Å². The van der Waals surface area contributed by atoms with Crippen molar-refractivity contribution in [2.24, 2.45) is 0 Å². The van der Waals surface area contributed by atoms with Crippen molar-refractivity contribution in [3.8, 4) is 6.07 Å². The van der Waals surface area contributed by atoms with Gasteiger partial charge in [-0.2, -0.15) is 18.4 Å². The first-order chi connectivity index (χ1) is 11.9. The van der Waals surface area contributed by atoms with Crippen molar-refractivity contribution in [3.05, 3.63) is 71.2 Å². The van der Waals surface area contributed by atoms with Crippen LogP contribution in [0.2, 0.25) is 0 Å². The van der Waals surface area contributed by atoms with E-state index in [0.29, 0.717) is 5.56 Å². The Hall–Kier alpha value is -3.14. The number of benzene rings is 2. The number of hydrogen-bond donors (Lipinski definition) is 1. The third kappa shape index (κ3) is 3.53. The highest BCUT2D eigenvalue weighted by molar-refractivity contribution is 5.87. The van der Waals surface area contributed by atoms with Gasteiger partial charge in [0.1, 0.15) is 11.9 Å². The molecule has 0 fully saturated rings. The SMILES string of the molecule is N#Cc1cnc2c(C(F)(F)F)cc(NCc3ccccc3F)cc2c1. The molecular formula is C18H11F4N3. The largest absolute Gasteiger partial charge is 0.418 e. The number of alkyl halides is 3. The molecule has 2 aromatic carbocycles. The van der Waals surface area contributed by atoms with E-state index in [1.54, 1.807) is 12.1 Å². The highest BCUT2D eigenvalue weighted by Crippen LogP contribution is 2.36. The lowest BCUT2D eigenvalue weighted by atomic mass is 10.1. The predicted molar refractivity (Wildman–Crippen MR) is 85.2 cm³/mol. The van der Waals surface area contributed by atoms with Gasteiger partial charge in [0.25, 0.3) is 0 Å². The number of anilines is 1. The van der Waals surface area contributed by atoms with Crippen LogP contribution >= 0.6 is 0 Å². The van der Waals surface area contributed by atoms with E-state index in [1.807, 2.05) is 6.07 Å². The summed E-state index contributed by atoms with van der Waals surface area (Å²) in [7, 11) is 0. The van der Waals surface area contributed by atoms with Gasteiger partial charge in [-0.15, -0.1) is 0 Å². The van der Waals surface area contributed by atoms with Crippen molar-refractivity contribution in [3.63, 3.8) is 0 Å². The zero-order chi connectivity index (χ0) is 18.0. The van der Waals surface area contributed by atoms with Crippen LogP contribution in [0.5, 0.6) is 0 Å². The van der Waals surface area contributed by atoms with E-state index in [4.69, 9.17) is 5.26 Å². The maximum Gasteiger partial charge on any atom is 0.418 e. The summed E-state index contributed by atoms with van der Waals surface area (Å²) in [5.41, 5.74) is -0.486. The monoisotopic (exact) mass is 345 g/mol. The first kappa shape index (κ1) is 16.7. The van der Waals surface area contributed by atoms with E-state index in [9.17, 15) is 17.6 Å². The first-order valence-electron chi connectivity index (χ1n) is 7.27. The van der Waals surface area contributed by atoms with Gasteiger partial charge in [-0.1, -0.05) is 18.2 Å². The summed E-state index contributed by atoms with van der Waals surface area (Å²) in [5.74, 6) is -0.444. The van der Waals surface area contributed by atoms with Crippen LogP contribution in [0, 0.1) is 17.1 Å². The van der Waals surface area contributed by atoms with Crippen LogP contribution in [0.3, 0.4) is 0 Å². The Morgan fingerprint density at radius 2 is 1.88 bits per heavy atom. The summed E-state index contributed by atoms with van der Waals surface area (Å²) >= 11 is 0. The van der Waals surface area contributed by atoms with E-state index >= 15 is 0 Å².